The Labute approximate surface area is 151 Å². The number of benzene rings is 2. The molecule has 1 unspecified atom stereocenters. The maximum Gasteiger partial charge on any atom is 0.358 e. The van der Waals surface area contributed by atoms with E-state index in [1.165, 1.54) is 24.3 Å². The summed E-state index contributed by atoms with van der Waals surface area (Å²) in [5.41, 5.74) is 1.05. The van der Waals surface area contributed by atoms with Crippen molar-refractivity contribution in [1.82, 2.24) is 5.01 Å². The Balaban J connectivity index is 1.85. The Hall–Kier alpha value is -2.38. The van der Waals surface area contributed by atoms with Crippen LogP contribution in [0.2, 0.25) is 0 Å². The van der Waals surface area contributed by atoms with Crippen LogP contribution in [0.4, 0.5) is 0 Å². The van der Waals surface area contributed by atoms with E-state index < -0.39 is 13.4 Å². The largest absolute Gasteiger partial charge is 0.458 e. The number of ether oxygens (including phenoxy) is 2. The van der Waals surface area contributed by atoms with Crippen LogP contribution >= 0.6 is 7.60 Å². The lowest BCUT2D eigenvalue weighted by atomic mass is 10.2. The minimum atomic E-state index is -4.59. The highest BCUT2D eigenvalue weighted by Gasteiger charge is 2.27. The molecule has 0 aliphatic rings. The standard InChI is InChI=1S/C17H21N2O6P/c1-19(2)18-11-13-3-7-15(8-4-13)24-12-25-16-9-5-14(6-10-16)17(20)26(21,22)23/h3-11,17,20H,12H2,1-2H3,(H2,21,22,23)/b18-11+. The van der Waals surface area contributed by atoms with E-state index in [-0.39, 0.29) is 12.4 Å². The lowest BCUT2D eigenvalue weighted by Crippen LogP contribution is -2.06. The van der Waals surface area contributed by atoms with Gasteiger partial charge in [-0.3, -0.25) is 4.57 Å². The lowest BCUT2D eigenvalue weighted by molar-refractivity contribution is 0.119. The molecule has 2 aromatic carbocycles. The first-order valence-corrected chi connectivity index (χ1v) is 9.34. The van der Waals surface area contributed by atoms with Crippen molar-refractivity contribution < 1.29 is 28.9 Å². The third-order valence-electron chi connectivity index (χ3n) is 3.27. The second-order valence-corrected chi connectivity index (χ2v) is 7.27. The van der Waals surface area contributed by atoms with Gasteiger partial charge in [-0.2, -0.15) is 5.10 Å². The number of nitrogens with zero attached hydrogens (tertiary/aromatic N) is 2. The monoisotopic (exact) mass is 380 g/mol. The van der Waals surface area contributed by atoms with Gasteiger partial charge in [-0.25, -0.2) is 0 Å². The SMILES string of the molecule is CN(C)/N=C/c1ccc(OCOc2ccc(C(O)P(=O)(O)O)cc2)cc1. The molecule has 0 amide bonds. The van der Waals surface area contributed by atoms with Crippen LogP contribution in [0.3, 0.4) is 0 Å². The summed E-state index contributed by atoms with van der Waals surface area (Å²) < 4.78 is 21.9. The van der Waals surface area contributed by atoms with Gasteiger partial charge < -0.3 is 29.4 Å². The van der Waals surface area contributed by atoms with Crippen LogP contribution in [0.5, 0.6) is 11.5 Å². The predicted molar refractivity (Wildman–Crippen MR) is 97.3 cm³/mol. The molecule has 1 atom stereocenters. The van der Waals surface area contributed by atoms with Crippen molar-refractivity contribution in [2.45, 2.75) is 5.85 Å². The molecule has 9 heteroatoms. The fourth-order valence-corrected chi connectivity index (χ4v) is 2.49. The van der Waals surface area contributed by atoms with Gasteiger partial charge in [0.2, 0.25) is 6.79 Å². The summed E-state index contributed by atoms with van der Waals surface area (Å²) in [5, 5.41) is 15.4. The van der Waals surface area contributed by atoms with Gasteiger partial charge in [0.1, 0.15) is 11.5 Å². The zero-order valence-electron chi connectivity index (χ0n) is 14.4. The molecule has 0 aromatic heterocycles. The van der Waals surface area contributed by atoms with Gasteiger partial charge in [-0.05, 0) is 47.5 Å². The first-order valence-electron chi connectivity index (χ1n) is 7.66. The van der Waals surface area contributed by atoms with Crippen molar-refractivity contribution in [2.75, 3.05) is 20.9 Å². The van der Waals surface area contributed by atoms with Crippen LogP contribution in [0.25, 0.3) is 0 Å². The Kier molecular flexibility index (Phi) is 6.76. The average Bonchev–Trinajstić information content (AvgIpc) is 2.60. The van der Waals surface area contributed by atoms with Gasteiger partial charge in [0, 0.05) is 14.1 Å². The van der Waals surface area contributed by atoms with Gasteiger partial charge in [0.25, 0.3) is 0 Å². The molecule has 8 nitrogen and oxygen atoms in total. The van der Waals surface area contributed by atoms with E-state index in [1.807, 2.05) is 26.2 Å². The molecule has 2 aromatic rings. The van der Waals surface area contributed by atoms with Crippen molar-refractivity contribution >= 4 is 13.8 Å². The van der Waals surface area contributed by atoms with E-state index in [4.69, 9.17) is 19.3 Å². The summed E-state index contributed by atoms with van der Waals surface area (Å²) >= 11 is 0. The first kappa shape index (κ1) is 19.9. The van der Waals surface area contributed by atoms with Gasteiger partial charge in [0.15, 0.2) is 5.85 Å². The molecule has 140 valence electrons. The smallest absolute Gasteiger partial charge is 0.358 e. The van der Waals surface area contributed by atoms with Crippen LogP contribution in [-0.4, -0.2) is 47.0 Å². The van der Waals surface area contributed by atoms with E-state index in [9.17, 15) is 9.67 Å². The van der Waals surface area contributed by atoms with Gasteiger partial charge in [0.05, 0.1) is 6.21 Å². The number of aliphatic hydroxyl groups is 1. The number of hydrogen-bond acceptors (Lipinski definition) is 6. The van der Waals surface area contributed by atoms with Crippen molar-refractivity contribution in [1.29, 1.82) is 0 Å². The molecule has 0 heterocycles. The molecule has 0 fully saturated rings. The molecule has 26 heavy (non-hydrogen) atoms. The van der Waals surface area contributed by atoms with E-state index in [0.29, 0.717) is 11.5 Å². The van der Waals surface area contributed by atoms with Crippen molar-refractivity contribution in [3.63, 3.8) is 0 Å². The van der Waals surface area contributed by atoms with Gasteiger partial charge >= 0.3 is 7.60 Å². The summed E-state index contributed by atoms with van der Waals surface area (Å²) in [5.74, 6) is -0.774. The Morgan fingerprint density at radius 1 is 1.04 bits per heavy atom. The van der Waals surface area contributed by atoms with Gasteiger partial charge in [-0.1, -0.05) is 12.1 Å². The molecule has 2 rings (SSSR count). The normalized spacial score (nSPS) is 12.8. The van der Waals surface area contributed by atoms with Crippen molar-refractivity contribution in [3.05, 3.63) is 59.7 Å². The number of aliphatic hydroxyl groups excluding tert-OH is 1. The maximum absolute atomic E-state index is 11.0. The Morgan fingerprint density at radius 2 is 1.54 bits per heavy atom. The summed E-state index contributed by atoms with van der Waals surface area (Å²) in [7, 11) is -0.916. The number of hydrogen-bond donors (Lipinski definition) is 3. The maximum atomic E-state index is 11.0. The minimum Gasteiger partial charge on any atom is -0.458 e. The van der Waals surface area contributed by atoms with Crippen LogP contribution in [0, 0.1) is 0 Å². The number of rotatable bonds is 8. The summed E-state index contributed by atoms with van der Waals surface area (Å²) in [4.78, 5) is 17.9. The molecule has 0 aliphatic carbocycles. The predicted octanol–water partition coefficient (Wildman–Crippen LogP) is 2.17. The van der Waals surface area contributed by atoms with E-state index >= 15 is 0 Å². The quantitative estimate of drug-likeness (QED) is 0.278. The molecule has 0 aliphatic heterocycles. The van der Waals surface area contributed by atoms with Crippen LogP contribution in [0.1, 0.15) is 17.0 Å². The Morgan fingerprint density at radius 3 is 2.00 bits per heavy atom. The van der Waals surface area contributed by atoms with Crippen LogP contribution in [-0.2, 0) is 4.57 Å². The summed E-state index contributed by atoms with van der Waals surface area (Å²) in [6, 6.07) is 13.1. The van der Waals surface area contributed by atoms with E-state index in [0.717, 1.165) is 5.56 Å². The zero-order chi connectivity index (χ0) is 19.2. The summed E-state index contributed by atoms with van der Waals surface area (Å²) in [6.07, 6.45) is 1.73. The highest BCUT2D eigenvalue weighted by atomic mass is 31.2. The molecule has 0 spiro atoms. The third kappa shape index (κ3) is 6.16. The Bertz CT molecular complexity index is 771. The van der Waals surface area contributed by atoms with Crippen LogP contribution < -0.4 is 9.47 Å². The average molecular weight is 380 g/mol. The zero-order valence-corrected chi connectivity index (χ0v) is 15.3. The lowest BCUT2D eigenvalue weighted by Gasteiger charge is -2.13. The molecule has 3 N–H and O–H groups in total. The molecular formula is C17H21N2O6P. The highest BCUT2D eigenvalue weighted by molar-refractivity contribution is 7.51. The molecule has 0 radical (unpaired) electrons. The van der Waals surface area contributed by atoms with Gasteiger partial charge in [-0.15, -0.1) is 0 Å². The van der Waals surface area contributed by atoms with E-state index in [2.05, 4.69) is 5.10 Å². The fraction of sp³-hybridized carbons (Fsp3) is 0.235. The minimum absolute atomic E-state index is 0.0362. The highest BCUT2D eigenvalue weighted by Crippen LogP contribution is 2.49. The van der Waals surface area contributed by atoms with Crippen molar-refractivity contribution in [3.8, 4) is 11.5 Å². The van der Waals surface area contributed by atoms with Crippen molar-refractivity contribution in [2.24, 2.45) is 5.10 Å². The first-order chi connectivity index (χ1) is 12.3. The molecule has 0 saturated heterocycles. The molecule has 0 bridgehead atoms. The number of hydrazone groups is 1. The summed E-state index contributed by atoms with van der Waals surface area (Å²) in [6.45, 7) is -0.0362. The van der Waals surface area contributed by atoms with Crippen LogP contribution in [0.15, 0.2) is 53.6 Å². The second-order valence-electron chi connectivity index (χ2n) is 5.60. The fourth-order valence-electron chi connectivity index (χ4n) is 1.93. The van der Waals surface area contributed by atoms with E-state index in [1.54, 1.807) is 23.4 Å². The topological polar surface area (TPSA) is 112 Å². The third-order valence-corrected chi connectivity index (χ3v) is 4.20. The molecule has 0 saturated carbocycles. The second kappa shape index (κ2) is 8.82. The molecular weight excluding hydrogens is 359 g/mol.